The van der Waals surface area contributed by atoms with Gasteiger partial charge in [-0.2, -0.15) is 13.2 Å². The molecule has 0 amide bonds. The highest BCUT2D eigenvalue weighted by Gasteiger charge is 2.49. The van der Waals surface area contributed by atoms with Crippen LogP contribution in [-0.2, 0) is 20.6 Å². The minimum atomic E-state index is -4.77. The first-order chi connectivity index (χ1) is 20.4. The number of carbonyl (C=O) groups excluding carboxylic acids is 2. The number of hydrogen-bond acceptors (Lipinski definition) is 7. The number of hydrogen-bond donors (Lipinski definition) is 1. The average Bonchev–Trinajstić information content (AvgIpc) is 2.88. The average molecular weight is 613 g/mol. The second-order valence-corrected chi connectivity index (χ2v) is 13.1. The molecule has 232 valence electrons. The summed E-state index contributed by atoms with van der Waals surface area (Å²) in [7, 11) is 0. The van der Waals surface area contributed by atoms with Crippen molar-refractivity contribution in [2.75, 3.05) is 6.54 Å². The number of nitro benzene ring substituents is 1. The van der Waals surface area contributed by atoms with Crippen molar-refractivity contribution in [1.82, 2.24) is 4.90 Å². The van der Waals surface area contributed by atoms with Gasteiger partial charge in [0.15, 0.2) is 11.6 Å². The molecule has 3 aliphatic rings. The fourth-order valence-electron chi connectivity index (χ4n) is 6.49. The molecule has 0 radical (unpaired) electrons. The molecule has 1 N–H and O–H groups in total. The zero-order chi connectivity index (χ0) is 32.4. The number of Topliss-reactive ketones (excluding diaryl/α,β-unsaturated/α-hetero) is 2. The Morgan fingerprint density at radius 1 is 0.955 bits per heavy atom. The second-order valence-electron chi connectivity index (χ2n) is 13.1. The van der Waals surface area contributed by atoms with Crippen molar-refractivity contribution >= 4 is 23.2 Å². The van der Waals surface area contributed by atoms with E-state index >= 15 is 0 Å². The molecular weight excluding hydrogens is 581 g/mol. The van der Waals surface area contributed by atoms with Gasteiger partial charge in [-0.25, -0.2) is 0 Å². The molecule has 2 aliphatic carbocycles. The number of rotatable bonds is 6. The summed E-state index contributed by atoms with van der Waals surface area (Å²) in [4.78, 5) is 51.7. The lowest BCUT2D eigenvalue weighted by atomic mass is 9.63. The minimum absolute atomic E-state index is 0.0931. The first-order valence-corrected chi connectivity index (χ1v) is 14.0. The molecule has 0 fully saturated rings. The molecule has 0 saturated heterocycles. The number of nitro groups is 1. The second kappa shape index (κ2) is 10.6. The molecule has 0 atom stereocenters. The third kappa shape index (κ3) is 5.85. The van der Waals surface area contributed by atoms with Crippen LogP contribution in [0.1, 0.15) is 70.4 Å². The summed E-state index contributed by atoms with van der Waals surface area (Å²) in [6.07, 6.45) is -3.48. The van der Waals surface area contributed by atoms with Crippen LogP contribution in [0.3, 0.4) is 0 Å². The van der Waals surface area contributed by atoms with Crippen LogP contribution < -0.4 is 4.74 Å². The number of ketones is 2. The highest BCUT2D eigenvalue weighted by atomic mass is 19.4. The number of benzene rings is 2. The Morgan fingerprint density at radius 2 is 1.48 bits per heavy atom. The number of carboxylic acid groups (broad SMARTS) is 1. The maximum Gasteiger partial charge on any atom is 0.416 e. The number of allylic oxidation sites excluding steroid dienone is 4. The molecule has 1 aliphatic heterocycles. The van der Waals surface area contributed by atoms with E-state index in [9.17, 15) is 42.8 Å². The monoisotopic (exact) mass is 612 g/mol. The summed E-state index contributed by atoms with van der Waals surface area (Å²) in [6.45, 7) is 7.37. The van der Waals surface area contributed by atoms with Gasteiger partial charge in [0, 0.05) is 47.4 Å². The van der Waals surface area contributed by atoms with Crippen molar-refractivity contribution in [3.8, 4) is 11.5 Å². The Balaban J connectivity index is 1.59. The van der Waals surface area contributed by atoms with Crippen molar-refractivity contribution in [3.05, 3.63) is 86.2 Å². The van der Waals surface area contributed by atoms with E-state index < -0.39 is 51.6 Å². The molecule has 0 aromatic heterocycles. The van der Waals surface area contributed by atoms with Gasteiger partial charge in [-0.3, -0.25) is 24.5 Å². The van der Waals surface area contributed by atoms with Gasteiger partial charge in [0.05, 0.1) is 10.5 Å². The maximum absolute atomic E-state index is 13.7. The van der Waals surface area contributed by atoms with E-state index in [0.717, 1.165) is 6.07 Å². The topological polar surface area (TPSA) is 127 Å². The van der Waals surface area contributed by atoms with Crippen LogP contribution >= 0.6 is 0 Å². The van der Waals surface area contributed by atoms with Gasteiger partial charge in [-0.05, 0) is 53.5 Å². The van der Waals surface area contributed by atoms with E-state index in [1.165, 1.54) is 12.1 Å². The fourth-order valence-corrected chi connectivity index (χ4v) is 6.49. The predicted molar refractivity (Wildman–Crippen MR) is 152 cm³/mol. The largest absolute Gasteiger partial charge is 0.480 e. The molecule has 12 heteroatoms. The van der Waals surface area contributed by atoms with Gasteiger partial charge in [0.1, 0.15) is 12.3 Å². The molecule has 2 aromatic rings. The number of carbonyl (C=O) groups is 3. The van der Waals surface area contributed by atoms with E-state index in [-0.39, 0.29) is 35.9 Å². The Kier molecular flexibility index (Phi) is 7.46. The molecule has 0 unspecified atom stereocenters. The van der Waals surface area contributed by atoms with Crippen LogP contribution in [0.4, 0.5) is 18.9 Å². The smallest absolute Gasteiger partial charge is 0.416 e. The molecular formula is C32H31F3N2O7. The predicted octanol–water partition coefficient (Wildman–Crippen LogP) is 7.18. The van der Waals surface area contributed by atoms with E-state index in [4.69, 9.17) is 4.74 Å². The molecule has 5 rings (SSSR count). The maximum atomic E-state index is 13.7. The summed E-state index contributed by atoms with van der Waals surface area (Å²) in [6, 6.07) is 8.13. The third-order valence-electron chi connectivity index (χ3n) is 8.24. The van der Waals surface area contributed by atoms with Crippen LogP contribution in [0.15, 0.2) is 65.0 Å². The lowest BCUT2D eigenvalue weighted by Gasteiger charge is -2.48. The molecule has 9 nitrogen and oxygen atoms in total. The SMILES string of the molecule is CC1(C)CC(=O)C2=C(C1)N(CC(=O)O)C1=C(C(=O)CC(C)(C)C1)C2c1ccc(Oc2ccc(C(F)(F)F)cc2[N+](=O)[O-])cc1. The van der Waals surface area contributed by atoms with Gasteiger partial charge >= 0.3 is 17.8 Å². The van der Waals surface area contributed by atoms with Crippen LogP contribution in [0.2, 0.25) is 0 Å². The first kappa shape index (κ1) is 31.0. The number of ether oxygens (including phenoxy) is 1. The summed E-state index contributed by atoms with van der Waals surface area (Å²) in [5.74, 6) is -2.50. The van der Waals surface area contributed by atoms with Gasteiger partial charge in [-0.15, -0.1) is 0 Å². The molecule has 0 bridgehead atoms. The highest BCUT2D eigenvalue weighted by molar-refractivity contribution is 6.07. The van der Waals surface area contributed by atoms with E-state index in [1.807, 2.05) is 27.7 Å². The van der Waals surface area contributed by atoms with Gasteiger partial charge < -0.3 is 14.7 Å². The summed E-state index contributed by atoms with van der Waals surface area (Å²) >= 11 is 0. The summed E-state index contributed by atoms with van der Waals surface area (Å²) in [5.41, 5.74) is -0.411. The Bertz CT molecular complexity index is 1600. The standard InChI is InChI=1S/C32H31F3N2O7/c1-30(2)12-21-28(23(38)14-30)27(29-22(36(21)16-26(40)41)13-31(3,4)15-24(29)39)17-5-8-19(9-6-17)44-25-10-7-18(32(33,34)35)11-20(25)37(42)43/h5-11,27H,12-16H2,1-4H3,(H,40,41). The number of alkyl halides is 3. The zero-order valence-corrected chi connectivity index (χ0v) is 24.6. The van der Waals surface area contributed by atoms with Crippen LogP contribution in [0.5, 0.6) is 11.5 Å². The van der Waals surface area contributed by atoms with Crippen LogP contribution in [0, 0.1) is 20.9 Å². The Labute approximate surface area is 251 Å². The lowest BCUT2D eigenvalue weighted by molar-refractivity contribution is -0.385. The quantitative estimate of drug-likeness (QED) is 0.269. The van der Waals surface area contributed by atoms with Gasteiger partial charge in [0.25, 0.3) is 0 Å². The normalized spacial score (nSPS) is 19.9. The Morgan fingerprint density at radius 3 is 1.93 bits per heavy atom. The molecule has 2 aromatic carbocycles. The minimum Gasteiger partial charge on any atom is -0.480 e. The van der Waals surface area contributed by atoms with Crippen molar-refractivity contribution < 1.29 is 42.3 Å². The van der Waals surface area contributed by atoms with Gasteiger partial charge in [-0.1, -0.05) is 39.8 Å². The third-order valence-corrected chi connectivity index (χ3v) is 8.24. The first-order valence-electron chi connectivity index (χ1n) is 14.0. The zero-order valence-electron chi connectivity index (χ0n) is 24.6. The fraction of sp³-hybridized carbons (Fsp3) is 0.406. The molecule has 44 heavy (non-hydrogen) atoms. The summed E-state index contributed by atoms with van der Waals surface area (Å²) in [5, 5.41) is 21.3. The van der Waals surface area contributed by atoms with Crippen molar-refractivity contribution in [3.63, 3.8) is 0 Å². The number of aliphatic carboxylic acids is 1. The van der Waals surface area contributed by atoms with Crippen molar-refractivity contribution in [1.29, 1.82) is 0 Å². The molecule has 0 spiro atoms. The van der Waals surface area contributed by atoms with Crippen molar-refractivity contribution in [2.45, 2.75) is 65.5 Å². The molecule has 0 saturated carbocycles. The van der Waals surface area contributed by atoms with E-state index in [2.05, 4.69) is 0 Å². The number of nitrogens with zero attached hydrogens (tertiary/aromatic N) is 2. The van der Waals surface area contributed by atoms with Crippen LogP contribution in [-0.4, -0.2) is 39.0 Å². The summed E-state index contributed by atoms with van der Waals surface area (Å²) < 4.78 is 45.0. The molecule has 1 heterocycles. The highest BCUT2D eigenvalue weighted by Crippen LogP contribution is 2.54. The van der Waals surface area contributed by atoms with Crippen molar-refractivity contribution in [2.24, 2.45) is 10.8 Å². The lowest BCUT2D eigenvalue weighted by Crippen LogP contribution is -2.45. The van der Waals surface area contributed by atoms with Gasteiger partial charge in [0.2, 0.25) is 5.75 Å². The van der Waals surface area contributed by atoms with E-state index in [0.29, 0.717) is 53.1 Å². The van der Waals surface area contributed by atoms with Crippen LogP contribution in [0.25, 0.3) is 0 Å². The Hall–Kier alpha value is -4.48. The number of halogens is 3. The van der Waals surface area contributed by atoms with E-state index in [1.54, 1.807) is 17.0 Å². The number of carboxylic acids is 1.